The molecule has 0 amide bonds. The van der Waals surface area contributed by atoms with Gasteiger partial charge in [0.25, 0.3) is 0 Å². The summed E-state index contributed by atoms with van der Waals surface area (Å²) < 4.78 is 0. The van der Waals surface area contributed by atoms with Crippen molar-refractivity contribution < 1.29 is 0 Å². The number of halogens is 1. The Hall–Kier alpha value is -1.05. The molecule has 1 aromatic rings. The van der Waals surface area contributed by atoms with Crippen LogP contribution in [-0.2, 0) is 6.54 Å². The summed E-state index contributed by atoms with van der Waals surface area (Å²) in [5.74, 6) is 1.61. The standard InChI is InChI=1S/C19H33N5.HI/c1-2-3-4-5-6-7-12-21-19(20)23-16-17-10-11-18(22-15-17)24-13-8-9-14-24;/h10-11,15H,2-9,12-14,16H2,1H3,(H3,20,21,23);1H. The average Bonchev–Trinajstić information content (AvgIpc) is 3.14. The number of nitrogens with two attached hydrogens (primary N) is 1. The van der Waals surface area contributed by atoms with Crippen molar-refractivity contribution >= 4 is 35.8 Å². The third-order valence-electron chi connectivity index (χ3n) is 4.51. The number of anilines is 1. The highest BCUT2D eigenvalue weighted by Gasteiger charge is 2.12. The molecule has 0 radical (unpaired) electrons. The number of guanidine groups is 1. The van der Waals surface area contributed by atoms with Gasteiger partial charge < -0.3 is 16.0 Å². The SMILES string of the molecule is CCCCCCCCNC(N)=NCc1ccc(N2CCCC2)nc1.I. The number of nitrogens with one attached hydrogen (secondary N) is 1. The molecule has 6 heteroatoms. The van der Waals surface area contributed by atoms with Gasteiger partial charge in [-0.05, 0) is 30.9 Å². The number of pyridine rings is 1. The van der Waals surface area contributed by atoms with Gasteiger partial charge in [-0.1, -0.05) is 45.1 Å². The molecule has 1 aromatic heterocycles. The van der Waals surface area contributed by atoms with E-state index in [1.165, 1.54) is 44.9 Å². The van der Waals surface area contributed by atoms with Gasteiger partial charge in [0.15, 0.2) is 5.96 Å². The number of nitrogens with zero attached hydrogens (tertiary/aromatic N) is 3. The maximum atomic E-state index is 5.92. The van der Waals surface area contributed by atoms with Crippen LogP contribution in [0.3, 0.4) is 0 Å². The Balaban J connectivity index is 0.00000312. The molecule has 0 saturated carbocycles. The summed E-state index contributed by atoms with van der Waals surface area (Å²) in [5.41, 5.74) is 7.02. The van der Waals surface area contributed by atoms with Crippen molar-refractivity contribution in [3.63, 3.8) is 0 Å². The lowest BCUT2D eigenvalue weighted by Gasteiger charge is -2.16. The Bertz CT molecular complexity index is 483. The molecule has 1 saturated heterocycles. The van der Waals surface area contributed by atoms with Gasteiger partial charge >= 0.3 is 0 Å². The van der Waals surface area contributed by atoms with Gasteiger partial charge in [0.1, 0.15) is 5.82 Å². The lowest BCUT2D eigenvalue weighted by molar-refractivity contribution is 0.601. The summed E-state index contributed by atoms with van der Waals surface area (Å²) in [6.45, 7) is 5.99. The van der Waals surface area contributed by atoms with Crippen molar-refractivity contribution in [3.05, 3.63) is 23.9 Å². The van der Waals surface area contributed by atoms with Crippen LogP contribution in [0.15, 0.2) is 23.3 Å². The number of rotatable bonds is 10. The first kappa shape index (κ1) is 22.0. The van der Waals surface area contributed by atoms with Gasteiger partial charge in [-0.3, -0.25) is 0 Å². The van der Waals surface area contributed by atoms with Crippen LogP contribution >= 0.6 is 24.0 Å². The van der Waals surface area contributed by atoms with E-state index in [0.717, 1.165) is 37.4 Å². The zero-order valence-electron chi connectivity index (χ0n) is 15.5. The smallest absolute Gasteiger partial charge is 0.188 e. The first-order chi connectivity index (χ1) is 11.8. The largest absolute Gasteiger partial charge is 0.370 e. The van der Waals surface area contributed by atoms with E-state index in [1.54, 1.807) is 0 Å². The average molecular weight is 459 g/mol. The molecule has 0 spiro atoms. The third kappa shape index (κ3) is 8.74. The molecule has 0 unspecified atom stereocenters. The highest BCUT2D eigenvalue weighted by atomic mass is 127. The van der Waals surface area contributed by atoms with Crippen molar-refractivity contribution in [2.75, 3.05) is 24.5 Å². The van der Waals surface area contributed by atoms with E-state index in [9.17, 15) is 0 Å². The molecule has 0 aliphatic carbocycles. The summed E-state index contributed by atoms with van der Waals surface area (Å²) in [7, 11) is 0. The Morgan fingerprint density at radius 1 is 1.16 bits per heavy atom. The van der Waals surface area contributed by atoms with Crippen LogP contribution in [-0.4, -0.2) is 30.6 Å². The molecule has 1 fully saturated rings. The minimum Gasteiger partial charge on any atom is -0.370 e. The zero-order valence-corrected chi connectivity index (χ0v) is 17.9. The maximum absolute atomic E-state index is 5.92. The molecule has 3 N–H and O–H groups in total. The second-order valence-electron chi connectivity index (χ2n) is 6.61. The van der Waals surface area contributed by atoms with Crippen molar-refractivity contribution in [3.8, 4) is 0 Å². The van der Waals surface area contributed by atoms with Crippen molar-refractivity contribution in [1.82, 2.24) is 10.3 Å². The fraction of sp³-hybridized carbons (Fsp3) is 0.684. The van der Waals surface area contributed by atoms with E-state index in [0.29, 0.717) is 12.5 Å². The van der Waals surface area contributed by atoms with E-state index < -0.39 is 0 Å². The summed E-state index contributed by atoms with van der Waals surface area (Å²) in [4.78, 5) is 11.3. The Morgan fingerprint density at radius 2 is 1.88 bits per heavy atom. The van der Waals surface area contributed by atoms with Gasteiger partial charge in [-0.2, -0.15) is 0 Å². The molecule has 25 heavy (non-hydrogen) atoms. The normalized spacial score (nSPS) is 14.4. The third-order valence-corrected chi connectivity index (χ3v) is 4.51. The lowest BCUT2D eigenvalue weighted by atomic mass is 10.1. The van der Waals surface area contributed by atoms with Gasteiger partial charge in [0.2, 0.25) is 0 Å². The molecule has 0 bridgehead atoms. The maximum Gasteiger partial charge on any atom is 0.188 e. The molecule has 2 rings (SSSR count). The van der Waals surface area contributed by atoms with E-state index in [4.69, 9.17) is 5.73 Å². The Morgan fingerprint density at radius 3 is 2.56 bits per heavy atom. The second kappa shape index (κ2) is 13.2. The lowest BCUT2D eigenvalue weighted by Crippen LogP contribution is -2.32. The fourth-order valence-corrected chi connectivity index (χ4v) is 3.00. The minimum absolute atomic E-state index is 0. The number of unbranched alkanes of at least 4 members (excludes halogenated alkanes) is 5. The first-order valence-electron chi connectivity index (χ1n) is 9.53. The molecular weight excluding hydrogens is 425 g/mol. The molecule has 0 aromatic carbocycles. The number of hydrogen-bond donors (Lipinski definition) is 2. The summed E-state index contributed by atoms with van der Waals surface area (Å²) in [6.07, 6.45) is 12.2. The van der Waals surface area contributed by atoms with E-state index in [1.807, 2.05) is 6.20 Å². The van der Waals surface area contributed by atoms with Crippen molar-refractivity contribution in [2.45, 2.75) is 64.8 Å². The van der Waals surface area contributed by atoms with Gasteiger partial charge in [0.05, 0.1) is 6.54 Å². The Labute approximate surface area is 169 Å². The first-order valence-corrected chi connectivity index (χ1v) is 9.53. The minimum atomic E-state index is 0. The summed E-state index contributed by atoms with van der Waals surface area (Å²) in [6, 6.07) is 4.20. The highest BCUT2D eigenvalue weighted by molar-refractivity contribution is 14.0. The van der Waals surface area contributed by atoms with Crippen LogP contribution in [0.4, 0.5) is 5.82 Å². The predicted octanol–water partition coefficient (Wildman–Crippen LogP) is 4.06. The molecule has 1 aliphatic heterocycles. The van der Waals surface area contributed by atoms with E-state index in [-0.39, 0.29) is 24.0 Å². The summed E-state index contributed by atoms with van der Waals surface area (Å²) >= 11 is 0. The van der Waals surface area contributed by atoms with Gasteiger partial charge in [-0.15, -0.1) is 24.0 Å². The van der Waals surface area contributed by atoms with E-state index >= 15 is 0 Å². The Kier molecular flexibility index (Phi) is 11.6. The van der Waals surface area contributed by atoms with Crippen LogP contribution in [0.5, 0.6) is 0 Å². The number of aromatic nitrogens is 1. The van der Waals surface area contributed by atoms with Gasteiger partial charge in [0, 0.05) is 25.8 Å². The zero-order chi connectivity index (χ0) is 17.0. The number of aliphatic imine (C=N–C) groups is 1. The fourth-order valence-electron chi connectivity index (χ4n) is 3.00. The highest BCUT2D eigenvalue weighted by Crippen LogP contribution is 2.17. The van der Waals surface area contributed by atoms with Crippen molar-refractivity contribution in [1.29, 1.82) is 0 Å². The molecule has 2 heterocycles. The topological polar surface area (TPSA) is 66.5 Å². The van der Waals surface area contributed by atoms with Crippen LogP contribution in [0.1, 0.15) is 63.9 Å². The summed E-state index contributed by atoms with van der Waals surface area (Å²) in [5, 5.41) is 3.20. The van der Waals surface area contributed by atoms with Crippen molar-refractivity contribution in [2.24, 2.45) is 10.7 Å². The van der Waals surface area contributed by atoms with Crippen LogP contribution < -0.4 is 16.0 Å². The van der Waals surface area contributed by atoms with E-state index in [2.05, 4.69) is 39.2 Å². The molecule has 5 nitrogen and oxygen atoms in total. The molecular formula is C19H34IN5. The molecule has 0 atom stereocenters. The van der Waals surface area contributed by atoms with Crippen LogP contribution in [0.25, 0.3) is 0 Å². The second-order valence-corrected chi connectivity index (χ2v) is 6.61. The number of hydrogen-bond acceptors (Lipinski definition) is 3. The monoisotopic (exact) mass is 459 g/mol. The van der Waals surface area contributed by atoms with Crippen LogP contribution in [0, 0.1) is 0 Å². The predicted molar refractivity (Wildman–Crippen MR) is 118 cm³/mol. The quantitative estimate of drug-likeness (QED) is 0.240. The van der Waals surface area contributed by atoms with Gasteiger partial charge in [-0.25, -0.2) is 9.98 Å². The molecule has 142 valence electrons. The van der Waals surface area contributed by atoms with Crippen LogP contribution in [0.2, 0.25) is 0 Å². The molecule has 1 aliphatic rings.